The maximum absolute atomic E-state index is 11.8. The molecule has 0 bridgehead atoms. The van der Waals surface area contributed by atoms with E-state index in [4.69, 9.17) is 9.47 Å². The van der Waals surface area contributed by atoms with E-state index in [9.17, 15) is 9.90 Å². The molecule has 20 heavy (non-hydrogen) atoms. The van der Waals surface area contributed by atoms with Gasteiger partial charge in [0.15, 0.2) is 0 Å². The standard InChI is InChI=1S/C15H21NO4/c1-10-5-6-11(17)7-13(10)19-12-8-16(9-12)14(18)20-15(2,3)4/h5-7,12,17H,8-9H2,1-4H3. The van der Waals surface area contributed by atoms with E-state index in [1.165, 1.54) is 0 Å². The fraction of sp³-hybridized carbons (Fsp3) is 0.533. The second kappa shape index (κ2) is 5.23. The minimum Gasteiger partial charge on any atom is -0.508 e. The zero-order valence-electron chi connectivity index (χ0n) is 12.3. The molecule has 110 valence electrons. The molecular weight excluding hydrogens is 258 g/mol. The third-order valence-corrected chi connectivity index (χ3v) is 2.97. The fourth-order valence-corrected chi connectivity index (χ4v) is 1.88. The average Bonchev–Trinajstić information content (AvgIpc) is 2.24. The van der Waals surface area contributed by atoms with Crippen LogP contribution in [0.3, 0.4) is 0 Å². The Labute approximate surface area is 119 Å². The lowest BCUT2D eigenvalue weighted by molar-refractivity contribution is -0.0223. The van der Waals surface area contributed by atoms with E-state index < -0.39 is 5.60 Å². The number of phenolic OH excluding ortho intramolecular Hbond substituents is 1. The number of rotatable bonds is 2. The number of likely N-dealkylation sites (tertiary alicyclic amines) is 1. The first-order chi connectivity index (χ1) is 9.24. The Hall–Kier alpha value is -1.91. The number of nitrogens with zero attached hydrogens (tertiary/aromatic N) is 1. The molecule has 1 heterocycles. The van der Waals surface area contributed by atoms with Crippen LogP contribution >= 0.6 is 0 Å². The molecule has 5 nitrogen and oxygen atoms in total. The average molecular weight is 279 g/mol. The van der Waals surface area contributed by atoms with Crippen molar-refractivity contribution in [2.24, 2.45) is 0 Å². The summed E-state index contributed by atoms with van der Waals surface area (Å²) < 4.78 is 11.0. The zero-order valence-corrected chi connectivity index (χ0v) is 12.3. The molecule has 0 unspecified atom stereocenters. The van der Waals surface area contributed by atoms with Gasteiger partial charge in [-0.3, -0.25) is 0 Å². The predicted octanol–water partition coefficient (Wildman–Crippen LogP) is 2.70. The molecule has 1 saturated heterocycles. The number of carbonyl (C=O) groups excluding carboxylic acids is 1. The Kier molecular flexibility index (Phi) is 3.79. The number of ether oxygens (including phenoxy) is 2. The highest BCUT2D eigenvalue weighted by Gasteiger charge is 2.35. The molecule has 1 fully saturated rings. The SMILES string of the molecule is Cc1ccc(O)cc1OC1CN(C(=O)OC(C)(C)C)C1. The molecule has 1 amide bonds. The number of hydrogen-bond donors (Lipinski definition) is 1. The lowest BCUT2D eigenvalue weighted by atomic mass is 10.1. The molecular formula is C15H21NO4. The number of amides is 1. The Bertz CT molecular complexity index is 501. The van der Waals surface area contributed by atoms with Crippen LogP contribution in [-0.4, -0.2) is 40.9 Å². The molecule has 1 aliphatic rings. The van der Waals surface area contributed by atoms with Crippen LogP contribution in [0.25, 0.3) is 0 Å². The van der Waals surface area contributed by atoms with Crippen LogP contribution in [0, 0.1) is 6.92 Å². The lowest BCUT2D eigenvalue weighted by Gasteiger charge is -2.39. The monoisotopic (exact) mass is 279 g/mol. The quantitative estimate of drug-likeness (QED) is 0.904. The van der Waals surface area contributed by atoms with Crippen LogP contribution in [0.2, 0.25) is 0 Å². The van der Waals surface area contributed by atoms with Gasteiger partial charge < -0.3 is 19.5 Å². The van der Waals surface area contributed by atoms with Crippen molar-refractivity contribution in [3.63, 3.8) is 0 Å². The van der Waals surface area contributed by atoms with Crippen molar-refractivity contribution in [2.45, 2.75) is 39.4 Å². The minimum absolute atomic E-state index is 0.0528. The van der Waals surface area contributed by atoms with Gasteiger partial charge >= 0.3 is 6.09 Å². The van der Waals surface area contributed by atoms with Crippen LogP contribution in [0.5, 0.6) is 11.5 Å². The summed E-state index contributed by atoms with van der Waals surface area (Å²) in [5, 5.41) is 9.44. The molecule has 0 aliphatic carbocycles. The Morgan fingerprint density at radius 2 is 2.00 bits per heavy atom. The summed E-state index contributed by atoms with van der Waals surface area (Å²) in [7, 11) is 0. The van der Waals surface area contributed by atoms with Crippen molar-refractivity contribution in [1.29, 1.82) is 0 Å². The van der Waals surface area contributed by atoms with Gasteiger partial charge in [-0.1, -0.05) is 6.07 Å². The summed E-state index contributed by atoms with van der Waals surface area (Å²) in [4.78, 5) is 13.4. The molecule has 1 N–H and O–H groups in total. The molecule has 1 aromatic rings. The largest absolute Gasteiger partial charge is 0.508 e. The minimum atomic E-state index is -0.481. The number of carbonyl (C=O) groups is 1. The van der Waals surface area contributed by atoms with E-state index in [0.717, 1.165) is 5.56 Å². The van der Waals surface area contributed by atoms with Gasteiger partial charge in [-0.05, 0) is 39.3 Å². The number of phenols is 1. The molecule has 1 aromatic carbocycles. The van der Waals surface area contributed by atoms with Crippen LogP contribution < -0.4 is 4.74 Å². The Morgan fingerprint density at radius 1 is 1.35 bits per heavy atom. The Balaban J connectivity index is 1.85. The maximum Gasteiger partial charge on any atom is 0.410 e. The van der Waals surface area contributed by atoms with Crippen LogP contribution in [-0.2, 0) is 4.74 Å². The highest BCUT2D eigenvalue weighted by Crippen LogP contribution is 2.26. The lowest BCUT2D eigenvalue weighted by Crippen LogP contribution is -2.57. The first-order valence-corrected chi connectivity index (χ1v) is 6.69. The topological polar surface area (TPSA) is 59.0 Å². The smallest absolute Gasteiger partial charge is 0.410 e. The molecule has 1 aliphatic heterocycles. The summed E-state index contributed by atoms with van der Waals surface area (Å²) in [6, 6.07) is 5.01. The first kappa shape index (κ1) is 14.5. The normalized spacial score (nSPS) is 15.7. The van der Waals surface area contributed by atoms with E-state index in [1.807, 2.05) is 27.7 Å². The number of aryl methyl sites for hydroxylation is 1. The first-order valence-electron chi connectivity index (χ1n) is 6.69. The van der Waals surface area contributed by atoms with Crippen LogP contribution in [0.1, 0.15) is 26.3 Å². The van der Waals surface area contributed by atoms with Crippen molar-refractivity contribution in [1.82, 2.24) is 4.90 Å². The van der Waals surface area contributed by atoms with Crippen molar-refractivity contribution in [2.75, 3.05) is 13.1 Å². The number of hydrogen-bond acceptors (Lipinski definition) is 4. The highest BCUT2D eigenvalue weighted by atomic mass is 16.6. The van der Waals surface area contributed by atoms with Crippen LogP contribution in [0.4, 0.5) is 4.79 Å². The van der Waals surface area contributed by atoms with E-state index in [2.05, 4.69) is 0 Å². The second-order valence-electron chi connectivity index (χ2n) is 6.07. The van der Waals surface area contributed by atoms with Gasteiger partial charge in [0.05, 0.1) is 13.1 Å². The molecule has 2 rings (SSSR count). The van der Waals surface area contributed by atoms with Gasteiger partial charge in [0.1, 0.15) is 23.2 Å². The van der Waals surface area contributed by atoms with Crippen molar-refractivity contribution in [3.05, 3.63) is 23.8 Å². The third kappa shape index (κ3) is 3.56. The molecule has 5 heteroatoms. The Morgan fingerprint density at radius 3 is 2.60 bits per heavy atom. The molecule has 0 aromatic heterocycles. The summed E-state index contributed by atoms with van der Waals surface area (Å²) in [6.07, 6.45) is -0.368. The maximum atomic E-state index is 11.8. The van der Waals surface area contributed by atoms with E-state index in [1.54, 1.807) is 23.1 Å². The van der Waals surface area contributed by atoms with E-state index in [0.29, 0.717) is 18.8 Å². The highest BCUT2D eigenvalue weighted by molar-refractivity contribution is 5.69. The van der Waals surface area contributed by atoms with Gasteiger partial charge in [0.25, 0.3) is 0 Å². The van der Waals surface area contributed by atoms with Crippen molar-refractivity contribution < 1.29 is 19.4 Å². The predicted molar refractivity (Wildman–Crippen MR) is 75.1 cm³/mol. The van der Waals surface area contributed by atoms with Gasteiger partial charge in [0, 0.05) is 6.07 Å². The molecule has 0 radical (unpaired) electrons. The molecule has 0 spiro atoms. The molecule has 0 atom stereocenters. The van der Waals surface area contributed by atoms with Gasteiger partial charge in [0.2, 0.25) is 0 Å². The summed E-state index contributed by atoms with van der Waals surface area (Å²) in [5.74, 6) is 0.827. The van der Waals surface area contributed by atoms with Gasteiger partial charge in [-0.25, -0.2) is 4.79 Å². The summed E-state index contributed by atoms with van der Waals surface area (Å²) >= 11 is 0. The van der Waals surface area contributed by atoms with Crippen molar-refractivity contribution >= 4 is 6.09 Å². The zero-order chi connectivity index (χ0) is 14.9. The fourth-order valence-electron chi connectivity index (χ4n) is 1.88. The van der Waals surface area contributed by atoms with Crippen molar-refractivity contribution in [3.8, 4) is 11.5 Å². The number of benzene rings is 1. The van der Waals surface area contributed by atoms with Crippen LogP contribution in [0.15, 0.2) is 18.2 Å². The van der Waals surface area contributed by atoms with E-state index >= 15 is 0 Å². The van der Waals surface area contributed by atoms with E-state index in [-0.39, 0.29) is 17.9 Å². The summed E-state index contributed by atoms with van der Waals surface area (Å²) in [6.45, 7) is 8.45. The third-order valence-electron chi connectivity index (χ3n) is 2.97. The summed E-state index contributed by atoms with van der Waals surface area (Å²) in [5.41, 5.74) is 0.476. The number of aromatic hydroxyl groups is 1. The van der Waals surface area contributed by atoms with Gasteiger partial charge in [-0.2, -0.15) is 0 Å². The molecule has 0 saturated carbocycles. The second-order valence-corrected chi connectivity index (χ2v) is 6.07. The van der Waals surface area contributed by atoms with Gasteiger partial charge in [-0.15, -0.1) is 0 Å².